The van der Waals surface area contributed by atoms with E-state index in [1.807, 2.05) is 49.4 Å². The number of carbonyl (C=O) groups is 1. The summed E-state index contributed by atoms with van der Waals surface area (Å²) in [7, 11) is -4.10. The minimum absolute atomic E-state index is 0.0382. The van der Waals surface area contributed by atoms with Crippen LogP contribution in [0, 0.1) is 6.92 Å². The number of amides is 1. The molecule has 0 atom stereocenters. The summed E-state index contributed by atoms with van der Waals surface area (Å²) >= 11 is 12.5. The van der Waals surface area contributed by atoms with Gasteiger partial charge in [0.1, 0.15) is 18.9 Å². The van der Waals surface area contributed by atoms with Crippen LogP contribution in [0.1, 0.15) is 5.56 Å². The number of carbonyl (C=O) groups excluding carboxylic acids is 1. The highest BCUT2D eigenvalue weighted by Gasteiger charge is 2.29. The second-order valence-electron chi connectivity index (χ2n) is 8.07. The van der Waals surface area contributed by atoms with Crippen LogP contribution < -0.4 is 14.4 Å². The molecule has 0 spiro atoms. The number of hydrogen-bond acceptors (Lipinski definition) is 4. The summed E-state index contributed by atoms with van der Waals surface area (Å²) in [4.78, 5) is 12.9. The van der Waals surface area contributed by atoms with Crippen molar-refractivity contribution in [3.05, 3.63) is 101 Å². The number of anilines is 1. The average molecular weight is 543 g/mol. The lowest BCUT2D eigenvalue weighted by atomic mass is 10.1. The van der Waals surface area contributed by atoms with Gasteiger partial charge in [-0.3, -0.25) is 9.10 Å². The molecule has 1 amide bonds. The first kappa shape index (κ1) is 25.8. The quantitative estimate of drug-likeness (QED) is 0.269. The van der Waals surface area contributed by atoms with Crippen molar-refractivity contribution < 1.29 is 17.9 Å². The fourth-order valence-electron chi connectivity index (χ4n) is 3.68. The van der Waals surface area contributed by atoms with E-state index in [9.17, 15) is 13.2 Å². The van der Waals surface area contributed by atoms with Crippen molar-refractivity contribution in [3.63, 3.8) is 0 Å². The van der Waals surface area contributed by atoms with Crippen molar-refractivity contribution in [2.24, 2.45) is 0 Å². The van der Waals surface area contributed by atoms with E-state index in [0.717, 1.165) is 20.6 Å². The molecule has 4 aromatic carbocycles. The zero-order chi connectivity index (χ0) is 25.7. The number of ether oxygens (including phenoxy) is 1. The van der Waals surface area contributed by atoms with Crippen LogP contribution in [-0.4, -0.2) is 34.0 Å². The predicted molar refractivity (Wildman–Crippen MR) is 145 cm³/mol. The minimum atomic E-state index is -4.10. The molecule has 36 heavy (non-hydrogen) atoms. The molecule has 0 saturated heterocycles. The number of aryl methyl sites for hydroxylation is 1. The first-order valence-corrected chi connectivity index (χ1v) is 13.4. The standard InChI is InChI=1S/C27H24Cl2N2O4S/c1-19-12-14-21(15-13-19)36(33,34)31(24-10-5-9-23(28)27(24)29)18-26(32)30-16-17-35-25-11-4-7-20-6-2-3-8-22(20)25/h2-15H,16-18H2,1H3,(H,30,32). The lowest BCUT2D eigenvalue weighted by Gasteiger charge is -2.25. The van der Waals surface area contributed by atoms with E-state index in [-0.39, 0.29) is 33.8 Å². The van der Waals surface area contributed by atoms with Crippen LogP contribution in [0.4, 0.5) is 5.69 Å². The molecular formula is C27H24Cl2N2O4S. The molecule has 0 aromatic heterocycles. The van der Waals surface area contributed by atoms with Crippen LogP contribution in [-0.2, 0) is 14.8 Å². The van der Waals surface area contributed by atoms with Crippen LogP contribution in [0.5, 0.6) is 5.75 Å². The second kappa shape index (κ2) is 11.2. The van der Waals surface area contributed by atoms with Gasteiger partial charge in [0.2, 0.25) is 5.91 Å². The molecule has 1 N–H and O–H groups in total. The highest BCUT2D eigenvalue weighted by atomic mass is 35.5. The van der Waals surface area contributed by atoms with Gasteiger partial charge >= 0.3 is 0 Å². The van der Waals surface area contributed by atoms with Crippen molar-refractivity contribution in [1.29, 1.82) is 0 Å². The molecule has 0 saturated carbocycles. The molecule has 4 aromatic rings. The third-order valence-electron chi connectivity index (χ3n) is 5.53. The Balaban J connectivity index is 1.48. The maximum atomic E-state index is 13.5. The van der Waals surface area contributed by atoms with Gasteiger partial charge in [0.05, 0.1) is 27.2 Å². The summed E-state index contributed by atoms with van der Waals surface area (Å²) in [6.07, 6.45) is 0. The van der Waals surface area contributed by atoms with Crippen LogP contribution >= 0.6 is 23.2 Å². The number of rotatable bonds is 9. The predicted octanol–water partition coefficient (Wildman–Crippen LogP) is 5.85. The minimum Gasteiger partial charge on any atom is -0.491 e. The number of hydrogen-bond donors (Lipinski definition) is 1. The van der Waals surface area contributed by atoms with E-state index in [1.54, 1.807) is 24.3 Å². The highest BCUT2D eigenvalue weighted by Crippen LogP contribution is 2.35. The van der Waals surface area contributed by atoms with Crippen molar-refractivity contribution in [1.82, 2.24) is 5.32 Å². The topological polar surface area (TPSA) is 75.7 Å². The summed E-state index contributed by atoms with van der Waals surface area (Å²) in [6, 6.07) is 24.6. The number of halogens is 2. The first-order valence-electron chi connectivity index (χ1n) is 11.2. The van der Waals surface area contributed by atoms with Gasteiger partial charge in [-0.15, -0.1) is 0 Å². The van der Waals surface area contributed by atoms with E-state index in [0.29, 0.717) is 5.75 Å². The number of benzene rings is 4. The number of nitrogens with one attached hydrogen (secondary N) is 1. The molecule has 0 aliphatic carbocycles. The molecule has 0 unspecified atom stereocenters. The van der Waals surface area contributed by atoms with E-state index >= 15 is 0 Å². The van der Waals surface area contributed by atoms with Gasteiger partial charge in [0, 0.05) is 5.39 Å². The number of fused-ring (bicyclic) bond motifs is 1. The normalized spacial score (nSPS) is 11.3. The Morgan fingerprint density at radius 2 is 1.61 bits per heavy atom. The molecule has 9 heteroatoms. The van der Waals surface area contributed by atoms with Crippen molar-refractivity contribution in [3.8, 4) is 5.75 Å². The number of nitrogens with zero attached hydrogens (tertiary/aromatic N) is 1. The van der Waals surface area contributed by atoms with Gasteiger partial charge in [0.25, 0.3) is 10.0 Å². The zero-order valence-electron chi connectivity index (χ0n) is 19.4. The smallest absolute Gasteiger partial charge is 0.264 e. The highest BCUT2D eigenvalue weighted by molar-refractivity contribution is 7.92. The lowest BCUT2D eigenvalue weighted by Crippen LogP contribution is -2.42. The summed E-state index contributed by atoms with van der Waals surface area (Å²) in [6.45, 7) is 1.77. The van der Waals surface area contributed by atoms with E-state index in [2.05, 4.69) is 5.32 Å². The molecule has 0 heterocycles. The second-order valence-corrected chi connectivity index (χ2v) is 10.7. The number of sulfonamides is 1. The zero-order valence-corrected chi connectivity index (χ0v) is 21.8. The van der Waals surface area contributed by atoms with Gasteiger partial charge in [-0.2, -0.15) is 0 Å². The largest absolute Gasteiger partial charge is 0.491 e. The fourth-order valence-corrected chi connectivity index (χ4v) is 5.56. The first-order chi connectivity index (χ1) is 17.3. The Hall–Kier alpha value is -3.26. The third kappa shape index (κ3) is 5.75. The average Bonchev–Trinajstić information content (AvgIpc) is 2.87. The summed E-state index contributed by atoms with van der Waals surface area (Å²) < 4.78 is 33.8. The van der Waals surface area contributed by atoms with Gasteiger partial charge in [-0.1, -0.05) is 83.4 Å². The van der Waals surface area contributed by atoms with Gasteiger partial charge < -0.3 is 10.1 Å². The van der Waals surface area contributed by atoms with Gasteiger partial charge in [0.15, 0.2) is 0 Å². The SMILES string of the molecule is Cc1ccc(S(=O)(=O)N(CC(=O)NCCOc2cccc3ccccc23)c2cccc(Cl)c2Cl)cc1. The molecule has 0 radical (unpaired) electrons. The monoisotopic (exact) mass is 542 g/mol. The van der Waals surface area contributed by atoms with Gasteiger partial charge in [-0.05, 0) is 42.6 Å². The third-order valence-corrected chi connectivity index (χ3v) is 8.11. The summed E-state index contributed by atoms with van der Waals surface area (Å²) in [5, 5.41) is 4.97. The summed E-state index contributed by atoms with van der Waals surface area (Å²) in [5.41, 5.74) is 1.03. The molecule has 186 valence electrons. The van der Waals surface area contributed by atoms with Crippen molar-refractivity contribution in [2.75, 3.05) is 24.0 Å². The van der Waals surface area contributed by atoms with E-state index in [1.165, 1.54) is 18.2 Å². The Labute approximate surface area is 220 Å². The maximum absolute atomic E-state index is 13.5. The molecule has 0 fully saturated rings. The van der Waals surface area contributed by atoms with E-state index < -0.39 is 22.5 Å². The Morgan fingerprint density at radius 3 is 2.39 bits per heavy atom. The molecule has 0 bridgehead atoms. The maximum Gasteiger partial charge on any atom is 0.264 e. The molecular weight excluding hydrogens is 519 g/mol. The molecule has 6 nitrogen and oxygen atoms in total. The molecule has 0 aliphatic rings. The van der Waals surface area contributed by atoms with Crippen LogP contribution in [0.3, 0.4) is 0 Å². The molecule has 4 rings (SSSR count). The Bertz CT molecular complexity index is 1490. The lowest BCUT2D eigenvalue weighted by molar-refractivity contribution is -0.119. The fraction of sp³-hybridized carbons (Fsp3) is 0.148. The van der Waals surface area contributed by atoms with Crippen LogP contribution in [0.15, 0.2) is 89.8 Å². The Kier molecular flexibility index (Phi) is 8.04. The van der Waals surface area contributed by atoms with Crippen molar-refractivity contribution in [2.45, 2.75) is 11.8 Å². The van der Waals surface area contributed by atoms with Gasteiger partial charge in [-0.25, -0.2) is 8.42 Å². The Morgan fingerprint density at radius 1 is 0.917 bits per heavy atom. The van der Waals surface area contributed by atoms with Crippen LogP contribution in [0.2, 0.25) is 10.0 Å². The van der Waals surface area contributed by atoms with Crippen LogP contribution in [0.25, 0.3) is 10.8 Å². The summed E-state index contributed by atoms with van der Waals surface area (Å²) in [5.74, 6) is 0.194. The van der Waals surface area contributed by atoms with E-state index in [4.69, 9.17) is 27.9 Å². The van der Waals surface area contributed by atoms with Crippen molar-refractivity contribution >= 4 is 55.6 Å². The molecule has 0 aliphatic heterocycles.